The van der Waals surface area contributed by atoms with Gasteiger partial charge in [0.15, 0.2) is 0 Å². The number of aliphatic hydroxyl groups is 1. The van der Waals surface area contributed by atoms with Crippen molar-refractivity contribution in [3.8, 4) is 0 Å². The lowest BCUT2D eigenvalue weighted by atomic mass is 9.83. The number of carbonyl (C=O) groups is 2. The summed E-state index contributed by atoms with van der Waals surface area (Å²) in [4.78, 5) is 30.6. The highest BCUT2D eigenvalue weighted by atomic mass is 16.4. The fourth-order valence-electron chi connectivity index (χ4n) is 5.18. The lowest BCUT2D eigenvalue weighted by molar-refractivity contribution is -0.153. The Bertz CT molecular complexity index is 775. The van der Waals surface area contributed by atoms with E-state index in [1.165, 1.54) is 0 Å². The third-order valence-corrected chi connectivity index (χ3v) is 6.34. The van der Waals surface area contributed by atoms with Crippen molar-refractivity contribution in [1.82, 2.24) is 14.7 Å². The fourth-order valence-corrected chi connectivity index (χ4v) is 5.18. The summed E-state index contributed by atoms with van der Waals surface area (Å²) in [6.45, 7) is 8.32. The summed E-state index contributed by atoms with van der Waals surface area (Å²) in [7, 11) is 0. The molecule has 0 bridgehead atoms. The Kier molecular flexibility index (Phi) is 4.93. The zero-order chi connectivity index (χ0) is 20.1. The summed E-state index contributed by atoms with van der Waals surface area (Å²) < 4.78 is 0. The maximum atomic E-state index is 12.6. The van der Waals surface area contributed by atoms with Crippen LogP contribution in [-0.2, 0) is 11.3 Å². The molecule has 2 N–H and O–H groups in total. The number of carboxylic acids is 1. The molecule has 7 heteroatoms. The van der Waals surface area contributed by atoms with Gasteiger partial charge in [-0.1, -0.05) is 26.0 Å². The molecular formula is C21H29N3O4. The van der Waals surface area contributed by atoms with Crippen LogP contribution in [0.1, 0.15) is 36.2 Å². The Morgan fingerprint density at radius 2 is 1.96 bits per heavy atom. The first-order chi connectivity index (χ1) is 13.3. The predicted molar refractivity (Wildman–Crippen MR) is 104 cm³/mol. The lowest BCUT2D eigenvalue weighted by Gasteiger charge is -2.61. The Labute approximate surface area is 165 Å². The van der Waals surface area contributed by atoms with Crippen molar-refractivity contribution in [2.75, 3.05) is 32.7 Å². The number of carbonyl (C=O) groups excluding carboxylic acids is 1. The maximum Gasteiger partial charge on any atom is 0.335 e. The van der Waals surface area contributed by atoms with E-state index in [-0.39, 0.29) is 29.5 Å². The average Bonchev–Trinajstić information content (AvgIpc) is 3.00. The fraction of sp³-hybridized carbons (Fsp3) is 0.619. The van der Waals surface area contributed by atoms with E-state index >= 15 is 0 Å². The van der Waals surface area contributed by atoms with E-state index in [1.54, 1.807) is 18.2 Å². The molecule has 1 aromatic rings. The van der Waals surface area contributed by atoms with E-state index in [2.05, 4.69) is 9.80 Å². The van der Waals surface area contributed by atoms with Gasteiger partial charge in [0, 0.05) is 51.2 Å². The SMILES string of the molecule is CC(C)C(=O)N1CC2CC(O)CN2C2(CN(Cc3cccc(C(=O)O)c3)C2)C1. The first kappa shape index (κ1) is 19.4. The van der Waals surface area contributed by atoms with Gasteiger partial charge >= 0.3 is 5.97 Å². The number of aromatic carboxylic acids is 1. The number of β-amino-alcohol motifs (C(OH)–C–C–N with tert-alkyl or cyclic N) is 1. The van der Waals surface area contributed by atoms with Gasteiger partial charge in [0.2, 0.25) is 5.91 Å². The zero-order valence-corrected chi connectivity index (χ0v) is 16.5. The van der Waals surface area contributed by atoms with Crippen molar-refractivity contribution >= 4 is 11.9 Å². The minimum atomic E-state index is -0.911. The van der Waals surface area contributed by atoms with E-state index in [0.29, 0.717) is 31.7 Å². The van der Waals surface area contributed by atoms with Gasteiger partial charge in [-0.15, -0.1) is 0 Å². The van der Waals surface area contributed by atoms with E-state index in [4.69, 9.17) is 0 Å². The van der Waals surface area contributed by atoms with Crippen LogP contribution in [0.25, 0.3) is 0 Å². The number of fused-ring (bicyclic) bond motifs is 2. The summed E-state index contributed by atoms with van der Waals surface area (Å²) >= 11 is 0. The normalized spacial score (nSPS) is 27.1. The molecule has 3 aliphatic heterocycles. The largest absolute Gasteiger partial charge is 0.478 e. The van der Waals surface area contributed by atoms with Crippen LogP contribution in [-0.4, -0.2) is 87.2 Å². The Balaban J connectivity index is 1.47. The molecule has 2 atom stereocenters. The smallest absolute Gasteiger partial charge is 0.335 e. The van der Waals surface area contributed by atoms with E-state index in [0.717, 1.165) is 25.1 Å². The molecule has 1 aromatic carbocycles. The number of hydrogen-bond acceptors (Lipinski definition) is 5. The van der Waals surface area contributed by atoms with Gasteiger partial charge in [0.25, 0.3) is 0 Å². The Morgan fingerprint density at radius 3 is 2.64 bits per heavy atom. The molecule has 152 valence electrons. The van der Waals surface area contributed by atoms with Crippen molar-refractivity contribution in [3.05, 3.63) is 35.4 Å². The molecule has 4 rings (SSSR count). The third kappa shape index (κ3) is 3.43. The first-order valence-corrected chi connectivity index (χ1v) is 10.1. The van der Waals surface area contributed by atoms with Crippen molar-refractivity contribution in [2.45, 2.75) is 44.5 Å². The van der Waals surface area contributed by atoms with Crippen LogP contribution in [0, 0.1) is 5.92 Å². The van der Waals surface area contributed by atoms with Crippen LogP contribution < -0.4 is 0 Å². The van der Waals surface area contributed by atoms with Crippen molar-refractivity contribution in [3.63, 3.8) is 0 Å². The number of amides is 1. The highest BCUT2D eigenvalue weighted by Gasteiger charge is 2.56. The van der Waals surface area contributed by atoms with Gasteiger partial charge in [-0.05, 0) is 24.1 Å². The molecule has 0 radical (unpaired) electrons. The Morgan fingerprint density at radius 1 is 1.21 bits per heavy atom. The quantitative estimate of drug-likeness (QED) is 0.798. The molecule has 2 unspecified atom stereocenters. The summed E-state index contributed by atoms with van der Waals surface area (Å²) in [5.74, 6) is -0.746. The van der Waals surface area contributed by atoms with Gasteiger partial charge in [-0.3, -0.25) is 14.6 Å². The second-order valence-electron chi connectivity index (χ2n) is 8.94. The summed E-state index contributed by atoms with van der Waals surface area (Å²) in [6.07, 6.45) is 0.405. The third-order valence-electron chi connectivity index (χ3n) is 6.34. The average molecular weight is 387 g/mol. The standard InChI is InChI=1S/C21H29N3O4/c1-14(2)19(26)23-9-17-7-18(25)10-24(17)21(13-23)11-22(12-21)8-15-4-3-5-16(6-15)20(27)28/h3-6,14,17-18,25H,7-13H2,1-2H3,(H,27,28). The number of hydrogen-bond donors (Lipinski definition) is 2. The Hall–Kier alpha value is -1.96. The molecule has 1 spiro atoms. The number of benzene rings is 1. The second kappa shape index (κ2) is 7.13. The summed E-state index contributed by atoms with van der Waals surface area (Å²) in [6, 6.07) is 7.30. The topological polar surface area (TPSA) is 84.3 Å². The van der Waals surface area contributed by atoms with Gasteiger partial charge in [-0.25, -0.2) is 4.79 Å². The molecule has 1 amide bonds. The van der Waals surface area contributed by atoms with Crippen molar-refractivity contribution in [2.24, 2.45) is 5.92 Å². The number of aliphatic hydroxyl groups excluding tert-OH is 1. The second-order valence-corrected chi connectivity index (χ2v) is 8.94. The number of rotatable bonds is 4. The monoisotopic (exact) mass is 387 g/mol. The van der Waals surface area contributed by atoms with Crippen LogP contribution in [0.4, 0.5) is 0 Å². The van der Waals surface area contributed by atoms with Gasteiger partial charge in [-0.2, -0.15) is 0 Å². The number of likely N-dealkylation sites (tertiary alicyclic amines) is 1. The van der Waals surface area contributed by atoms with Crippen molar-refractivity contribution < 1.29 is 19.8 Å². The molecule has 3 fully saturated rings. The molecule has 0 aliphatic carbocycles. The zero-order valence-electron chi connectivity index (χ0n) is 16.5. The van der Waals surface area contributed by atoms with Crippen LogP contribution in [0.5, 0.6) is 0 Å². The number of carboxylic acid groups (broad SMARTS) is 1. The van der Waals surface area contributed by atoms with Crippen LogP contribution >= 0.6 is 0 Å². The predicted octanol–water partition coefficient (Wildman–Crippen LogP) is 0.873. The molecule has 28 heavy (non-hydrogen) atoms. The van der Waals surface area contributed by atoms with Crippen LogP contribution in [0.15, 0.2) is 24.3 Å². The molecular weight excluding hydrogens is 358 g/mol. The van der Waals surface area contributed by atoms with Crippen molar-refractivity contribution in [1.29, 1.82) is 0 Å². The van der Waals surface area contributed by atoms with E-state index < -0.39 is 5.97 Å². The van der Waals surface area contributed by atoms with E-state index in [9.17, 15) is 19.8 Å². The van der Waals surface area contributed by atoms with Gasteiger partial charge < -0.3 is 15.1 Å². The highest BCUT2D eigenvalue weighted by molar-refractivity contribution is 5.87. The molecule has 3 aliphatic rings. The molecule has 3 saturated heterocycles. The van der Waals surface area contributed by atoms with Gasteiger partial charge in [0.1, 0.15) is 0 Å². The number of piperazine rings is 1. The minimum Gasteiger partial charge on any atom is -0.478 e. The molecule has 0 aromatic heterocycles. The minimum absolute atomic E-state index is 0.0233. The summed E-state index contributed by atoms with van der Waals surface area (Å²) in [5.41, 5.74) is 1.19. The molecule has 7 nitrogen and oxygen atoms in total. The molecule has 3 heterocycles. The van der Waals surface area contributed by atoms with E-state index in [1.807, 2.05) is 24.8 Å². The van der Waals surface area contributed by atoms with Crippen LogP contribution in [0.2, 0.25) is 0 Å². The maximum absolute atomic E-state index is 12.6. The number of nitrogens with zero attached hydrogens (tertiary/aromatic N) is 3. The molecule has 0 saturated carbocycles. The summed E-state index contributed by atoms with van der Waals surface area (Å²) in [5, 5.41) is 19.4. The first-order valence-electron chi connectivity index (χ1n) is 10.1. The lowest BCUT2D eigenvalue weighted by Crippen LogP contribution is -2.78. The van der Waals surface area contributed by atoms with Gasteiger partial charge in [0.05, 0.1) is 17.2 Å². The van der Waals surface area contributed by atoms with Crippen LogP contribution in [0.3, 0.4) is 0 Å². The highest BCUT2D eigenvalue weighted by Crippen LogP contribution is 2.39.